The number of nitrogens with zero attached hydrogens (tertiary/aromatic N) is 1. The standard InChI is InChI=1S/C23H26F3N/c24-23(25,26)22(16-19-10-4-1-5-11-19)27(17-20-12-6-2-7-13-20)18-21-14-8-3-9-15-21/h2-3,6-9,12-16,19H,1,4-5,10-11,17-18H2/b22-16+. The molecule has 0 radical (unpaired) electrons. The summed E-state index contributed by atoms with van der Waals surface area (Å²) < 4.78 is 42.1. The smallest absolute Gasteiger partial charge is 0.359 e. The molecule has 0 aliphatic heterocycles. The van der Waals surface area contributed by atoms with Gasteiger partial charge in [-0.2, -0.15) is 13.2 Å². The number of alkyl halides is 3. The lowest BCUT2D eigenvalue weighted by Crippen LogP contribution is -2.32. The number of hydrogen-bond acceptors (Lipinski definition) is 1. The van der Waals surface area contributed by atoms with Crippen molar-refractivity contribution in [1.82, 2.24) is 4.90 Å². The third-order valence-corrected chi connectivity index (χ3v) is 5.11. The zero-order chi connectivity index (χ0) is 19.1. The average molecular weight is 373 g/mol. The summed E-state index contributed by atoms with van der Waals surface area (Å²) in [5, 5.41) is 0. The third-order valence-electron chi connectivity index (χ3n) is 5.11. The first-order chi connectivity index (χ1) is 13.0. The van der Waals surface area contributed by atoms with Gasteiger partial charge in [-0.15, -0.1) is 0 Å². The summed E-state index contributed by atoms with van der Waals surface area (Å²) >= 11 is 0. The molecule has 1 nitrogen and oxygen atoms in total. The van der Waals surface area contributed by atoms with E-state index in [1.807, 2.05) is 60.7 Å². The highest BCUT2D eigenvalue weighted by atomic mass is 19.4. The van der Waals surface area contributed by atoms with Crippen LogP contribution in [0.2, 0.25) is 0 Å². The topological polar surface area (TPSA) is 3.24 Å². The molecule has 27 heavy (non-hydrogen) atoms. The normalized spacial score (nSPS) is 16.3. The second-order valence-corrected chi connectivity index (χ2v) is 7.28. The average Bonchev–Trinajstić information content (AvgIpc) is 2.67. The maximum atomic E-state index is 14.0. The highest BCUT2D eigenvalue weighted by molar-refractivity contribution is 5.21. The van der Waals surface area contributed by atoms with Gasteiger partial charge in [-0.25, -0.2) is 0 Å². The summed E-state index contributed by atoms with van der Waals surface area (Å²) in [5.74, 6) is 0.0180. The minimum Gasteiger partial charge on any atom is -0.359 e. The summed E-state index contributed by atoms with van der Waals surface area (Å²) in [6, 6.07) is 18.8. The minimum atomic E-state index is -4.36. The molecule has 0 atom stereocenters. The number of hydrogen-bond donors (Lipinski definition) is 0. The van der Waals surface area contributed by atoms with Crippen LogP contribution in [-0.2, 0) is 13.1 Å². The quantitative estimate of drug-likeness (QED) is 0.543. The molecule has 0 amide bonds. The van der Waals surface area contributed by atoms with E-state index in [0.717, 1.165) is 43.2 Å². The minimum absolute atomic E-state index is 0.0180. The van der Waals surface area contributed by atoms with E-state index >= 15 is 0 Å². The van der Waals surface area contributed by atoms with Gasteiger partial charge in [-0.1, -0.05) is 86.0 Å². The Morgan fingerprint density at radius 2 is 1.30 bits per heavy atom. The molecule has 1 aliphatic carbocycles. The van der Waals surface area contributed by atoms with E-state index in [-0.39, 0.29) is 19.0 Å². The molecule has 0 spiro atoms. The van der Waals surface area contributed by atoms with E-state index in [1.165, 1.54) is 11.0 Å². The highest BCUT2D eigenvalue weighted by Crippen LogP contribution is 2.35. The molecule has 2 aromatic carbocycles. The summed E-state index contributed by atoms with van der Waals surface area (Å²) in [6.45, 7) is 0.488. The Labute approximate surface area is 159 Å². The van der Waals surface area contributed by atoms with Crippen molar-refractivity contribution in [2.45, 2.75) is 51.4 Å². The summed E-state index contributed by atoms with van der Waals surface area (Å²) in [5.41, 5.74) is 1.27. The van der Waals surface area contributed by atoms with Crippen LogP contribution >= 0.6 is 0 Å². The van der Waals surface area contributed by atoms with E-state index in [0.29, 0.717) is 0 Å². The number of rotatable bonds is 6. The Morgan fingerprint density at radius 3 is 1.74 bits per heavy atom. The molecule has 1 saturated carbocycles. The van der Waals surface area contributed by atoms with Crippen LogP contribution in [0.1, 0.15) is 43.2 Å². The Morgan fingerprint density at radius 1 is 0.815 bits per heavy atom. The molecule has 0 saturated heterocycles. The van der Waals surface area contributed by atoms with Crippen LogP contribution in [0.25, 0.3) is 0 Å². The van der Waals surface area contributed by atoms with Crippen LogP contribution in [0.5, 0.6) is 0 Å². The molecule has 0 heterocycles. The molecular weight excluding hydrogens is 347 g/mol. The van der Waals surface area contributed by atoms with Gasteiger partial charge in [-0.05, 0) is 29.9 Å². The van der Waals surface area contributed by atoms with Crippen LogP contribution in [0.4, 0.5) is 13.2 Å². The first kappa shape index (κ1) is 19.5. The third kappa shape index (κ3) is 5.88. The molecule has 144 valence electrons. The van der Waals surface area contributed by atoms with Gasteiger partial charge in [0.2, 0.25) is 0 Å². The first-order valence-corrected chi connectivity index (χ1v) is 9.64. The lowest BCUT2D eigenvalue weighted by atomic mass is 9.88. The molecule has 0 unspecified atom stereocenters. The van der Waals surface area contributed by atoms with Crippen LogP contribution in [-0.4, -0.2) is 11.1 Å². The van der Waals surface area contributed by atoms with E-state index < -0.39 is 11.9 Å². The van der Waals surface area contributed by atoms with Gasteiger partial charge in [0, 0.05) is 13.1 Å². The van der Waals surface area contributed by atoms with Crippen molar-refractivity contribution >= 4 is 0 Å². The van der Waals surface area contributed by atoms with Crippen molar-refractivity contribution in [2.24, 2.45) is 5.92 Å². The SMILES string of the molecule is FC(F)(F)/C(=C\C1CCCCC1)N(Cc1ccccc1)Cc1ccccc1. The van der Waals surface area contributed by atoms with Crippen LogP contribution < -0.4 is 0 Å². The fourth-order valence-electron chi connectivity index (χ4n) is 3.74. The Hall–Kier alpha value is -2.23. The van der Waals surface area contributed by atoms with Crippen molar-refractivity contribution in [3.8, 4) is 0 Å². The van der Waals surface area contributed by atoms with Gasteiger partial charge in [0.1, 0.15) is 5.70 Å². The number of halogens is 3. The summed E-state index contributed by atoms with van der Waals surface area (Å²) in [6.07, 6.45) is 2.00. The number of benzene rings is 2. The lowest BCUT2D eigenvalue weighted by molar-refractivity contribution is -0.114. The maximum absolute atomic E-state index is 14.0. The van der Waals surface area contributed by atoms with Gasteiger partial charge >= 0.3 is 6.18 Å². The molecule has 0 aromatic heterocycles. The van der Waals surface area contributed by atoms with Crippen LogP contribution in [0.3, 0.4) is 0 Å². The second-order valence-electron chi connectivity index (χ2n) is 7.28. The van der Waals surface area contributed by atoms with Crippen LogP contribution in [0, 0.1) is 5.92 Å². The zero-order valence-electron chi connectivity index (χ0n) is 15.5. The van der Waals surface area contributed by atoms with Crippen molar-refractivity contribution < 1.29 is 13.2 Å². The van der Waals surface area contributed by atoms with Gasteiger partial charge < -0.3 is 4.90 Å². The maximum Gasteiger partial charge on any atom is 0.430 e. The van der Waals surface area contributed by atoms with Gasteiger partial charge in [-0.3, -0.25) is 0 Å². The number of allylic oxidation sites excluding steroid dienone is 2. The molecule has 1 fully saturated rings. The van der Waals surface area contributed by atoms with E-state index in [9.17, 15) is 13.2 Å². The predicted octanol–water partition coefficient (Wildman–Crippen LogP) is 6.72. The molecule has 2 aromatic rings. The van der Waals surface area contributed by atoms with Crippen molar-refractivity contribution in [3.63, 3.8) is 0 Å². The van der Waals surface area contributed by atoms with Crippen molar-refractivity contribution in [3.05, 3.63) is 83.6 Å². The van der Waals surface area contributed by atoms with E-state index in [4.69, 9.17) is 0 Å². The summed E-state index contributed by atoms with van der Waals surface area (Å²) in [7, 11) is 0. The fourth-order valence-corrected chi connectivity index (χ4v) is 3.74. The monoisotopic (exact) mass is 373 g/mol. The highest BCUT2D eigenvalue weighted by Gasteiger charge is 2.38. The zero-order valence-corrected chi connectivity index (χ0v) is 15.5. The van der Waals surface area contributed by atoms with Crippen molar-refractivity contribution in [2.75, 3.05) is 0 Å². The second kappa shape index (κ2) is 9.12. The predicted molar refractivity (Wildman–Crippen MR) is 103 cm³/mol. The largest absolute Gasteiger partial charge is 0.430 e. The Bertz CT molecular complexity index is 675. The Balaban J connectivity index is 1.92. The molecular formula is C23H26F3N. The van der Waals surface area contributed by atoms with Gasteiger partial charge in [0.25, 0.3) is 0 Å². The van der Waals surface area contributed by atoms with E-state index in [1.54, 1.807) is 0 Å². The first-order valence-electron chi connectivity index (χ1n) is 9.64. The van der Waals surface area contributed by atoms with E-state index in [2.05, 4.69) is 0 Å². The molecule has 1 aliphatic rings. The van der Waals surface area contributed by atoms with Crippen LogP contribution in [0.15, 0.2) is 72.4 Å². The van der Waals surface area contributed by atoms with Crippen molar-refractivity contribution in [1.29, 1.82) is 0 Å². The Kier molecular flexibility index (Phi) is 6.59. The molecule has 0 bridgehead atoms. The molecule has 4 heteroatoms. The van der Waals surface area contributed by atoms with Gasteiger partial charge in [0.05, 0.1) is 0 Å². The molecule has 0 N–H and O–H groups in total. The summed E-state index contributed by atoms with van der Waals surface area (Å²) in [4.78, 5) is 1.49. The van der Waals surface area contributed by atoms with Gasteiger partial charge in [0.15, 0.2) is 0 Å². The lowest BCUT2D eigenvalue weighted by Gasteiger charge is -2.31. The molecule has 3 rings (SSSR count). The fraction of sp³-hybridized carbons (Fsp3) is 0.391.